The maximum absolute atomic E-state index is 6.43. The molecular formula is C16H20N2S. The number of benzene rings is 1. The summed E-state index contributed by atoms with van der Waals surface area (Å²) in [6.07, 6.45) is 3.39. The van der Waals surface area contributed by atoms with Crippen LogP contribution in [0.15, 0.2) is 36.4 Å². The first kappa shape index (κ1) is 12.9. The minimum Gasteiger partial charge on any atom is -0.326 e. The maximum Gasteiger partial charge on any atom is 0.0705 e. The van der Waals surface area contributed by atoms with Crippen molar-refractivity contribution in [3.8, 4) is 0 Å². The molecule has 0 radical (unpaired) electrons. The van der Waals surface area contributed by atoms with Gasteiger partial charge in [-0.15, -0.1) is 0 Å². The molecule has 2 N–H and O–H groups in total. The molecule has 2 unspecified atom stereocenters. The van der Waals surface area contributed by atoms with Crippen LogP contribution in [0, 0.1) is 0 Å². The van der Waals surface area contributed by atoms with E-state index in [0.717, 1.165) is 17.6 Å². The van der Waals surface area contributed by atoms with E-state index in [9.17, 15) is 0 Å². The highest BCUT2D eigenvalue weighted by atomic mass is 32.2. The monoisotopic (exact) mass is 272 g/mol. The maximum atomic E-state index is 6.43. The molecule has 1 aromatic carbocycles. The summed E-state index contributed by atoms with van der Waals surface area (Å²) in [7, 11) is 0. The second-order valence-electron chi connectivity index (χ2n) is 5.57. The van der Waals surface area contributed by atoms with Gasteiger partial charge in [0.25, 0.3) is 0 Å². The fourth-order valence-electron chi connectivity index (χ4n) is 2.76. The van der Waals surface area contributed by atoms with Crippen molar-refractivity contribution in [2.24, 2.45) is 5.73 Å². The number of thioether (sulfide) groups is 1. The van der Waals surface area contributed by atoms with E-state index in [4.69, 9.17) is 10.7 Å². The van der Waals surface area contributed by atoms with Gasteiger partial charge in [0, 0.05) is 28.3 Å². The van der Waals surface area contributed by atoms with Crippen molar-refractivity contribution in [1.29, 1.82) is 0 Å². The molecule has 1 saturated heterocycles. The molecule has 19 heavy (non-hydrogen) atoms. The first-order chi connectivity index (χ1) is 9.17. The summed E-state index contributed by atoms with van der Waals surface area (Å²) in [6, 6.07) is 12.7. The summed E-state index contributed by atoms with van der Waals surface area (Å²) < 4.78 is 0.229. The van der Waals surface area contributed by atoms with Gasteiger partial charge in [-0.1, -0.05) is 24.3 Å². The number of rotatable bonds is 3. The molecule has 2 aromatic rings. The van der Waals surface area contributed by atoms with E-state index in [0.29, 0.717) is 0 Å². The highest BCUT2D eigenvalue weighted by molar-refractivity contribution is 8.00. The van der Waals surface area contributed by atoms with Crippen LogP contribution < -0.4 is 5.73 Å². The van der Waals surface area contributed by atoms with Crippen LogP contribution in [-0.4, -0.2) is 21.5 Å². The van der Waals surface area contributed by atoms with Crippen LogP contribution in [0.5, 0.6) is 0 Å². The molecule has 2 nitrogen and oxygen atoms in total. The lowest BCUT2D eigenvalue weighted by molar-refractivity contribution is 0.479. The number of aromatic nitrogens is 1. The predicted molar refractivity (Wildman–Crippen MR) is 83.5 cm³/mol. The van der Waals surface area contributed by atoms with Gasteiger partial charge in [-0.2, -0.15) is 11.8 Å². The van der Waals surface area contributed by atoms with Crippen molar-refractivity contribution in [2.45, 2.75) is 37.0 Å². The molecular weight excluding hydrogens is 252 g/mol. The SMILES string of the molecule is CC1(C(N)Cc2ccc3ccccc3n2)CCCS1. The van der Waals surface area contributed by atoms with Crippen LogP contribution in [0.25, 0.3) is 10.9 Å². The normalized spacial score (nSPS) is 24.7. The molecule has 0 saturated carbocycles. The Labute approximate surface area is 118 Å². The Bertz CT molecular complexity index is 576. The van der Waals surface area contributed by atoms with Crippen molar-refractivity contribution in [1.82, 2.24) is 4.98 Å². The van der Waals surface area contributed by atoms with Crippen LogP contribution in [0.4, 0.5) is 0 Å². The zero-order chi connectivity index (χ0) is 13.3. The van der Waals surface area contributed by atoms with Crippen LogP contribution in [0.1, 0.15) is 25.5 Å². The fraction of sp³-hybridized carbons (Fsp3) is 0.438. The molecule has 100 valence electrons. The number of hydrogen-bond donors (Lipinski definition) is 1. The van der Waals surface area contributed by atoms with Gasteiger partial charge in [-0.25, -0.2) is 0 Å². The van der Waals surface area contributed by atoms with Crippen molar-refractivity contribution in [3.63, 3.8) is 0 Å². The number of nitrogens with zero attached hydrogens (tertiary/aromatic N) is 1. The summed E-state index contributed by atoms with van der Waals surface area (Å²) in [5.41, 5.74) is 8.61. The molecule has 2 atom stereocenters. The van der Waals surface area contributed by atoms with Crippen molar-refractivity contribution in [2.75, 3.05) is 5.75 Å². The average molecular weight is 272 g/mol. The van der Waals surface area contributed by atoms with Gasteiger partial charge < -0.3 is 5.73 Å². The first-order valence-corrected chi connectivity index (χ1v) is 7.90. The molecule has 1 aromatic heterocycles. The Hall–Kier alpha value is -1.06. The summed E-state index contributed by atoms with van der Waals surface area (Å²) >= 11 is 2.02. The van der Waals surface area contributed by atoms with Crippen molar-refractivity contribution < 1.29 is 0 Å². The molecule has 1 aliphatic rings. The van der Waals surface area contributed by atoms with Gasteiger partial charge in [0.15, 0.2) is 0 Å². The summed E-state index contributed by atoms with van der Waals surface area (Å²) in [4.78, 5) is 4.73. The summed E-state index contributed by atoms with van der Waals surface area (Å²) in [5.74, 6) is 1.25. The molecule has 0 aliphatic carbocycles. The number of hydrogen-bond acceptors (Lipinski definition) is 3. The molecule has 0 spiro atoms. The van der Waals surface area contributed by atoms with E-state index in [-0.39, 0.29) is 10.8 Å². The van der Waals surface area contributed by atoms with Crippen LogP contribution in [0.2, 0.25) is 0 Å². The second-order valence-corrected chi connectivity index (χ2v) is 7.20. The van der Waals surface area contributed by atoms with E-state index in [1.165, 1.54) is 24.0 Å². The fourth-order valence-corrected chi connectivity index (χ4v) is 4.10. The highest BCUT2D eigenvalue weighted by Crippen LogP contribution is 2.40. The van der Waals surface area contributed by atoms with E-state index in [2.05, 4.69) is 31.2 Å². The van der Waals surface area contributed by atoms with Crippen LogP contribution >= 0.6 is 11.8 Å². The van der Waals surface area contributed by atoms with Gasteiger partial charge in [-0.3, -0.25) is 4.98 Å². The minimum atomic E-state index is 0.189. The van der Waals surface area contributed by atoms with Crippen molar-refractivity contribution >= 4 is 22.7 Å². The minimum absolute atomic E-state index is 0.189. The third-order valence-corrected chi connectivity index (χ3v) is 5.78. The van der Waals surface area contributed by atoms with Crippen LogP contribution in [-0.2, 0) is 6.42 Å². The molecule has 1 aliphatic heterocycles. The Kier molecular flexibility index (Phi) is 3.50. The Morgan fingerprint density at radius 2 is 2.16 bits per heavy atom. The third-order valence-electron chi connectivity index (χ3n) is 4.12. The van der Waals surface area contributed by atoms with E-state index >= 15 is 0 Å². The number of pyridine rings is 1. The molecule has 0 amide bonds. The second kappa shape index (κ2) is 5.14. The van der Waals surface area contributed by atoms with E-state index in [1.807, 2.05) is 23.9 Å². The average Bonchev–Trinajstić information content (AvgIpc) is 2.87. The molecule has 3 rings (SSSR count). The van der Waals surface area contributed by atoms with E-state index < -0.39 is 0 Å². The van der Waals surface area contributed by atoms with E-state index in [1.54, 1.807) is 0 Å². The molecule has 2 heterocycles. The molecule has 0 bridgehead atoms. The lowest BCUT2D eigenvalue weighted by atomic mass is 9.93. The Morgan fingerprint density at radius 1 is 1.32 bits per heavy atom. The predicted octanol–water partition coefficient (Wildman–Crippen LogP) is 3.39. The zero-order valence-corrected chi connectivity index (χ0v) is 12.1. The highest BCUT2D eigenvalue weighted by Gasteiger charge is 2.35. The number of nitrogens with two attached hydrogens (primary N) is 1. The number of para-hydroxylation sites is 1. The van der Waals surface area contributed by atoms with Gasteiger partial charge in [0.05, 0.1) is 5.52 Å². The topological polar surface area (TPSA) is 38.9 Å². The summed E-state index contributed by atoms with van der Waals surface area (Å²) in [5, 5.41) is 1.20. The quantitative estimate of drug-likeness (QED) is 0.931. The third kappa shape index (κ3) is 2.63. The van der Waals surface area contributed by atoms with Gasteiger partial charge >= 0.3 is 0 Å². The first-order valence-electron chi connectivity index (χ1n) is 6.92. The Morgan fingerprint density at radius 3 is 2.95 bits per heavy atom. The van der Waals surface area contributed by atoms with Gasteiger partial charge in [-0.05, 0) is 37.7 Å². The Balaban J connectivity index is 1.81. The van der Waals surface area contributed by atoms with Crippen molar-refractivity contribution in [3.05, 3.63) is 42.1 Å². The number of fused-ring (bicyclic) bond motifs is 1. The lowest BCUT2D eigenvalue weighted by Gasteiger charge is -2.30. The standard InChI is InChI=1S/C16H20N2S/c1-16(9-4-10-19-16)15(17)11-13-8-7-12-5-2-3-6-14(12)18-13/h2-3,5-8,15H,4,9-11,17H2,1H3. The largest absolute Gasteiger partial charge is 0.326 e. The van der Waals surface area contributed by atoms with Gasteiger partial charge in [0.2, 0.25) is 0 Å². The zero-order valence-electron chi connectivity index (χ0n) is 11.3. The molecule has 1 fully saturated rings. The van der Waals surface area contributed by atoms with Gasteiger partial charge in [0.1, 0.15) is 0 Å². The van der Waals surface area contributed by atoms with Crippen LogP contribution in [0.3, 0.4) is 0 Å². The molecule has 3 heteroatoms. The summed E-state index contributed by atoms with van der Waals surface area (Å²) in [6.45, 7) is 2.30. The smallest absolute Gasteiger partial charge is 0.0705 e. The lowest BCUT2D eigenvalue weighted by Crippen LogP contribution is -2.42.